The lowest BCUT2D eigenvalue weighted by molar-refractivity contribution is -0.153. The van der Waals surface area contributed by atoms with Gasteiger partial charge in [0.05, 0.1) is 6.61 Å². The normalized spacial score (nSPS) is 13.5. The summed E-state index contributed by atoms with van der Waals surface area (Å²) in [6.45, 7) is 5.52. The minimum absolute atomic E-state index is 0.246. The Labute approximate surface area is 166 Å². The molecule has 0 atom stereocenters. The average Bonchev–Trinajstić information content (AvgIpc) is 2.73. The van der Waals surface area contributed by atoms with Crippen LogP contribution in [0.1, 0.15) is 45.6 Å². The number of hydrogen-bond donors (Lipinski definition) is 0. The quantitative estimate of drug-likeness (QED) is 0.497. The molecular weight excluding hydrogens is 356 g/mol. The summed E-state index contributed by atoms with van der Waals surface area (Å²) >= 11 is 0. The van der Waals surface area contributed by atoms with Gasteiger partial charge in [0.2, 0.25) is 5.78 Å². The minimum atomic E-state index is -0.793. The fourth-order valence-electron chi connectivity index (χ4n) is 2.58. The number of Topliss-reactive ketones (excluding diaryl/α,β-unsaturated/α-hetero) is 1. The molecule has 1 heterocycles. The van der Waals surface area contributed by atoms with Crippen LogP contribution in [0.25, 0.3) is 0 Å². The fraction of sp³-hybridized carbons (Fsp3) is 0.409. The lowest BCUT2D eigenvalue weighted by Crippen LogP contribution is -2.49. The van der Waals surface area contributed by atoms with E-state index in [-0.39, 0.29) is 6.61 Å². The highest BCUT2D eigenvalue weighted by Crippen LogP contribution is 2.23. The van der Waals surface area contributed by atoms with Crippen molar-refractivity contribution in [3.63, 3.8) is 0 Å². The highest BCUT2D eigenvalue weighted by molar-refractivity contribution is 6.38. The third-order valence-electron chi connectivity index (χ3n) is 4.81. The van der Waals surface area contributed by atoms with Gasteiger partial charge in [0.15, 0.2) is 0 Å². The molecule has 2 amide bonds. The molecule has 6 nitrogen and oxygen atoms in total. The van der Waals surface area contributed by atoms with Crippen molar-refractivity contribution in [3.05, 3.63) is 60.4 Å². The number of ketones is 1. The first-order valence-corrected chi connectivity index (χ1v) is 9.59. The third-order valence-corrected chi connectivity index (χ3v) is 4.81. The largest absolute Gasteiger partial charge is 0.448 e. The molecule has 0 aliphatic carbocycles. The zero-order chi connectivity index (χ0) is 20.6. The van der Waals surface area contributed by atoms with Crippen molar-refractivity contribution < 1.29 is 19.1 Å². The van der Waals surface area contributed by atoms with Crippen molar-refractivity contribution >= 4 is 17.8 Å². The van der Waals surface area contributed by atoms with Gasteiger partial charge in [-0.15, -0.1) is 0 Å². The average molecular weight is 384 g/mol. The lowest BCUT2D eigenvalue weighted by Gasteiger charge is -2.32. The van der Waals surface area contributed by atoms with E-state index in [1.807, 2.05) is 25.1 Å². The number of carbonyl (C=O) groups excluding carboxylic acids is 3. The molecule has 1 aliphatic rings. The number of amides is 2. The first kappa shape index (κ1) is 21.4. The molecule has 1 aromatic rings. The van der Waals surface area contributed by atoms with Crippen LogP contribution in [0.2, 0.25) is 0 Å². The molecule has 6 heteroatoms. The summed E-state index contributed by atoms with van der Waals surface area (Å²) in [4.78, 5) is 37.5. The number of hydrogen-bond acceptors (Lipinski definition) is 4. The number of benzene rings is 1. The number of unbranched alkanes of at least 4 members (excludes halogenated alkanes) is 1. The van der Waals surface area contributed by atoms with Crippen molar-refractivity contribution in [2.45, 2.75) is 46.5 Å². The van der Waals surface area contributed by atoms with Gasteiger partial charge >= 0.3 is 12.0 Å². The molecule has 0 N–H and O–H groups in total. The topological polar surface area (TPSA) is 66.9 Å². The summed E-state index contributed by atoms with van der Waals surface area (Å²) in [6.07, 6.45) is 8.36. The first-order chi connectivity index (χ1) is 13.4. The summed E-state index contributed by atoms with van der Waals surface area (Å²) in [5.41, 5.74) is 0.450. The molecular formula is C22H28N2O4. The van der Waals surface area contributed by atoms with E-state index in [0.29, 0.717) is 12.8 Å². The number of nitrogens with zero attached hydrogens (tertiary/aromatic N) is 2. The molecule has 0 saturated heterocycles. The van der Waals surface area contributed by atoms with Crippen molar-refractivity contribution in [1.82, 2.24) is 10.0 Å². The Hall–Kier alpha value is -2.89. The number of carbonyl (C=O) groups is 3. The maximum Gasteiger partial charge on any atom is 0.433 e. The molecule has 0 bridgehead atoms. The molecule has 2 rings (SSSR count). The van der Waals surface area contributed by atoms with Crippen LogP contribution in [-0.4, -0.2) is 34.4 Å². The van der Waals surface area contributed by atoms with Crippen LogP contribution in [0.4, 0.5) is 4.79 Å². The Kier molecular flexibility index (Phi) is 7.55. The molecule has 0 unspecified atom stereocenters. The molecule has 28 heavy (non-hydrogen) atoms. The summed E-state index contributed by atoms with van der Waals surface area (Å²) < 4.78 is 5.29. The number of allylic oxidation sites excluding steroid dienone is 2. The SMILES string of the molecule is CCC(C)(C)C(=O)C(=O)N1C=CC=CN1C(=O)OCCCCc1ccccc1. The molecule has 150 valence electrons. The number of aryl methyl sites for hydroxylation is 1. The standard InChI is InChI=1S/C22H28N2O4/c1-4-22(2,3)19(25)20(26)23-15-9-10-16-24(23)21(27)28-17-11-8-14-18-12-6-5-7-13-18/h5-7,9-10,12-13,15-16H,4,8,11,14,17H2,1-3H3. The molecule has 1 aliphatic heterocycles. The Morgan fingerprint density at radius 2 is 1.61 bits per heavy atom. The van der Waals surface area contributed by atoms with Gasteiger partial charge in [-0.2, -0.15) is 5.01 Å². The fourth-order valence-corrected chi connectivity index (χ4v) is 2.58. The maximum atomic E-state index is 12.6. The van der Waals surface area contributed by atoms with E-state index < -0.39 is 23.2 Å². The summed E-state index contributed by atoms with van der Waals surface area (Å²) in [5.74, 6) is -1.30. The second kappa shape index (κ2) is 9.88. The van der Waals surface area contributed by atoms with Gasteiger partial charge in [0, 0.05) is 17.8 Å². The molecule has 0 saturated carbocycles. The smallest absolute Gasteiger partial charge is 0.433 e. The predicted octanol–water partition coefficient (Wildman–Crippen LogP) is 4.24. The van der Waals surface area contributed by atoms with E-state index in [2.05, 4.69) is 12.1 Å². The third kappa shape index (κ3) is 5.55. The van der Waals surface area contributed by atoms with Gasteiger partial charge in [-0.1, -0.05) is 51.1 Å². The number of rotatable bonds is 8. The summed E-state index contributed by atoms with van der Waals surface area (Å²) in [7, 11) is 0. The highest BCUT2D eigenvalue weighted by atomic mass is 16.6. The Bertz CT molecular complexity index is 753. The Balaban J connectivity index is 1.86. The highest BCUT2D eigenvalue weighted by Gasteiger charge is 2.37. The van der Waals surface area contributed by atoms with Crippen molar-refractivity contribution in [3.8, 4) is 0 Å². The van der Waals surface area contributed by atoms with E-state index in [1.54, 1.807) is 26.0 Å². The van der Waals surface area contributed by atoms with Crippen LogP contribution in [0.5, 0.6) is 0 Å². The molecule has 0 spiro atoms. The zero-order valence-electron chi connectivity index (χ0n) is 16.8. The van der Waals surface area contributed by atoms with E-state index in [0.717, 1.165) is 22.9 Å². The summed E-state index contributed by atoms with van der Waals surface area (Å²) in [5, 5.41) is 2.04. The van der Waals surface area contributed by atoms with Crippen molar-refractivity contribution in [2.75, 3.05) is 6.61 Å². The number of ether oxygens (including phenoxy) is 1. The summed E-state index contributed by atoms with van der Waals surface area (Å²) in [6, 6.07) is 10.1. The number of hydrazine groups is 1. The zero-order valence-corrected chi connectivity index (χ0v) is 16.8. The first-order valence-electron chi connectivity index (χ1n) is 9.59. The van der Waals surface area contributed by atoms with Crippen molar-refractivity contribution in [1.29, 1.82) is 0 Å². The second-order valence-corrected chi connectivity index (χ2v) is 7.30. The molecule has 0 fully saturated rings. The van der Waals surface area contributed by atoms with Gasteiger partial charge in [-0.25, -0.2) is 9.80 Å². The van der Waals surface area contributed by atoms with Crippen LogP contribution in [0.15, 0.2) is 54.9 Å². The molecule has 0 radical (unpaired) electrons. The minimum Gasteiger partial charge on any atom is -0.448 e. The van der Waals surface area contributed by atoms with Crippen LogP contribution in [0.3, 0.4) is 0 Å². The van der Waals surface area contributed by atoms with Gasteiger partial charge in [0.1, 0.15) is 0 Å². The van der Waals surface area contributed by atoms with Crippen LogP contribution >= 0.6 is 0 Å². The predicted molar refractivity (Wildman–Crippen MR) is 107 cm³/mol. The second-order valence-electron chi connectivity index (χ2n) is 7.30. The molecule has 0 aromatic heterocycles. The van der Waals surface area contributed by atoms with Crippen LogP contribution < -0.4 is 0 Å². The van der Waals surface area contributed by atoms with E-state index in [1.165, 1.54) is 18.0 Å². The van der Waals surface area contributed by atoms with E-state index >= 15 is 0 Å². The van der Waals surface area contributed by atoms with Crippen LogP contribution in [-0.2, 0) is 20.7 Å². The van der Waals surface area contributed by atoms with Gasteiger partial charge < -0.3 is 4.74 Å². The Morgan fingerprint density at radius 1 is 0.964 bits per heavy atom. The van der Waals surface area contributed by atoms with Gasteiger partial charge in [-0.05, 0) is 43.4 Å². The van der Waals surface area contributed by atoms with Gasteiger partial charge in [-0.3, -0.25) is 9.59 Å². The lowest BCUT2D eigenvalue weighted by atomic mass is 9.85. The van der Waals surface area contributed by atoms with E-state index in [9.17, 15) is 14.4 Å². The van der Waals surface area contributed by atoms with Crippen LogP contribution in [0, 0.1) is 5.41 Å². The monoisotopic (exact) mass is 384 g/mol. The molecule has 1 aromatic carbocycles. The van der Waals surface area contributed by atoms with Gasteiger partial charge in [0.25, 0.3) is 0 Å². The van der Waals surface area contributed by atoms with E-state index in [4.69, 9.17) is 4.74 Å². The van der Waals surface area contributed by atoms with Crippen molar-refractivity contribution in [2.24, 2.45) is 5.41 Å². The maximum absolute atomic E-state index is 12.6. The Morgan fingerprint density at radius 3 is 2.25 bits per heavy atom.